The van der Waals surface area contributed by atoms with Gasteiger partial charge in [-0.2, -0.15) is 0 Å². The van der Waals surface area contributed by atoms with Gasteiger partial charge in [0.25, 0.3) is 5.56 Å². The maximum absolute atomic E-state index is 12.2. The highest BCUT2D eigenvalue weighted by atomic mass is 16.2. The number of hydrogen-bond acceptors (Lipinski definition) is 4. The van der Waals surface area contributed by atoms with Crippen molar-refractivity contribution < 1.29 is 0 Å². The van der Waals surface area contributed by atoms with Crippen LogP contribution in [0, 0.1) is 0 Å². The zero-order valence-corrected chi connectivity index (χ0v) is 12.6. The fraction of sp³-hybridized carbons (Fsp3) is 0.643. The molecule has 0 aliphatic carbocycles. The lowest BCUT2D eigenvalue weighted by Gasteiger charge is -2.11. The summed E-state index contributed by atoms with van der Waals surface area (Å²) in [4.78, 5) is 31.4. The Hall–Kier alpha value is -1.89. The monoisotopic (exact) mass is 291 g/mol. The average Bonchev–Trinajstić information content (AvgIpc) is 3.04. The molecule has 0 bridgehead atoms. The SMILES string of the molecule is CCn1c(C2CCCN2)nc2c1c(=O)[nH]c(=O)n2C(C)C. The van der Waals surface area contributed by atoms with Gasteiger partial charge in [0.05, 0.1) is 6.04 Å². The first kappa shape index (κ1) is 14.1. The fourth-order valence-corrected chi connectivity index (χ4v) is 3.13. The van der Waals surface area contributed by atoms with Gasteiger partial charge in [-0.25, -0.2) is 9.78 Å². The van der Waals surface area contributed by atoms with E-state index >= 15 is 0 Å². The average molecular weight is 291 g/mol. The van der Waals surface area contributed by atoms with Crippen LogP contribution in [0.5, 0.6) is 0 Å². The van der Waals surface area contributed by atoms with Crippen molar-refractivity contribution in [3.05, 3.63) is 26.7 Å². The Morgan fingerprint density at radius 1 is 1.38 bits per heavy atom. The summed E-state index contributed by atoms with van der Waals surface area (Å²) in [5, 5.41) is 3.41. The molecule has 3 rings (SSSR count). The molecule has 2 aromatic rings. The Kier molecular flexibility index (Phi) is 3.44. The number of aromatic amines is 1. The quantitative estimate of drug-likeness (QED) is 0.880. The molecular weight excluding hydrogens is 270 g/mol. The lowest BCUT2D eigenvalue weighted by atomic mass is 10.2. The van der Waals surface area contributed by atoms with Gasteiger partial charge < -0.3 is 9.88 Å². The van der Waals surface area contributed by atoms with Gasteiger partial charge in [0.15, 0.2) is 11.2 Å². The topological polar surface area (TPSA) is 84.7 Å². The molecule has 1 aliphatic heterocycles. The molecule has 7 nitrogen and oxygen atoms in total. The zero-order chi connectivity index (χ0) is 15.1. The largest absolute Gasteiger partial charge is 0.330 e. The van der Waals surface area contributed by atoms with Gasteiger partial charge in [-0.3, -0.25) is 14.3 Å². The van der Waals surface area contributed by atoms with E-state index in [-0.39, 0.29) is 17.6 Å². The van der Waals surface area contributed by atoms with Crippen LogP contribution in [0.2, 0.25) is 0 Å². The number of fused-ring (bicyclic) bond motifs is 1. The minimum atomic E-state index is -0.394. The summed E-state index contributed by atoms with van der Waals surface area (Å²) in [5.74, 6) is 0.857. The Bertz CT molecular complexity index is 777. The van der Waals surface area contributed by atoms with Crippen molar-refractivity contribution in [2.75, 3.05) is 6.54 Å². The van der Waals surface area contributed by atoms with Gasteiger partial charge in [-0.15, -0.1) is 0 Å². The standard InChI is InChI=1S/C14H21N5O2/c1-4-18-10-12(16-11(18)9-6-5-7-15-9)19(8(2)3)14(21)17-13(10)20/h8-9,15H,4-7H2,1-3H3,(H,17,20,21). The van der Waals surface area contributed by atoms with E-state index < -0.39 is 5.69 Å². The summed E-state index contributed by atoms with van der Waals surface area (Å²) in [7, 11) is 0. The molecule has 1 fully saturated rings. The Balaban J connectivity index is 2.37. The summed E-state index contributed by atoms with van der Waals surface area (Å²) >= 11 is 0. The molecule has 3 heterocycles. The second kappa shape index (κ2) is 5.14. The van der Waals surface area contributed by atoms with E-state index in [9.17, 15) is 9.59 Å². The zero-order valence-electron chi connectivity index (χ0n) is 12.6. The third-order valence-electron chi connectivity index (χ3n) is 4.07. The number of aryl methyl sites for hydroxylation is 1. The maximum atomic E-state index is 12.2. The van der Waals surface area contributed by atoms with Gasteiger partial charge >= 0.3 is 5.69 Å². The van der Waals surface area contributed by atoms with E-state index in [0.717, 1.165) is 25.2 Å². The minimum Gasteiger partial charge on any atom is -0.321 e. The molecular formula is C14H21N5O2. The van der Waals surface area contributed by atoms with Crippen LogP contribution in [0.1, 0.15) is 51.5 Å². The van der Waals surface area contributed by atoms with E-state index in [1.165, 1.54) is 0 Å². The molecule has 1 aliphatic rings. The molecule has 21 heavy (non-hydrogen) atoms. The van der Waals surface area contributed by atoms with Crippen LogP contribution in [0.25, 0.3) is 11.2 Å². The van der Waals surface area contributed by atoms with Gasteiger partial charge in [0.1, 0.15) is 5.82 Å². The van der Waals surface area contributed by atoms with Crippen LogP contribution >= 0.6 is 0 Å². The van der Waals surface area contributed by atoms with E-state index in [4.69, 9.17) is 0 Å². The second-order valence-electron chi connectivity index (χ2n) is 5.76. The van der Waals surface area contributed by atoms with Gasteiger partial charge in [0.2, 0.25) is 0 Å². The number of aromatic nitrogens is 4. The number of hydrogen-bond donors (Lipinski definition) is 2. The predicted octanol–water partition coefficient (Wildman–Crippen LogP) is 0.912. The number of imidazole rings is 1. The van der Waals surface area contributed by atoms with Gasteiger partial charge in [0, 0.05) is 12.6 Å². The van der Waals surface area contributed by atoms with Crippen molar-refractivity contribution in [1.82, 2.24) is 24.4 Å². The highest BCUT2D eigenvalue weighted by Crippen LogP contribution is 2.25. The first-order chi connectivity index (χ1) is 10.0. The first-order valence-electron chi connectivity index (χ1n) is 7.53. The van der Waals surface area contributed by atoms with E-state index in [0.29, 0.717) is 17.7 Å². The van der Waals surface area contributed by atoms with Crippen LogP contribution in [-0.4, -0.2) is 25.6 Å². The fourth-order valence-electron chi connectivity index (χ4n) is 3.13. The van der Waals surface area contributed by atoms with Crippen LogP contribution in [-0.2, 0) is 6.54 Å². The molecule has 0 aromatic carbocycles. The van der Waals surface area contributed by atoms with Crippen molar-refractivity contribution in [1.29, 1.82) is 0 Å². The molecule has 1 atom stereocenters. The van der Waals surface area contributed by atoms with E-state index in [2.05, 4.69) is 15.3 Å². The van der Waals surface area contributed by atoms with Crippen molar-refractivity contribution in [2.24, 2.45) is 0 Å². The Labute approximate surface area is 122 Å². The van der Waals surface area contributed by atoms with Gasteiger partial charge in [-0.1, -0.05) is 0 Å². The third-order valence-corrected chi connectivity index (χ3v) is 4.07. The molecule has 0 radical (unpaired) electrons. The summed E-state index contributed by atoms with van der Waals surface area (Å²) in [6.45, 7) is 7.44. The molecule has 2 N–H and O–H groups in total. The van der Waals surface area contributed by atoms with Crippen LogP contribution in [0.4, 0.5) is 0 Å². The van der Waals surface area contributed by atoms with Crippen LogP contribution in [0.3, 0.4) is 0 Å². The lowest BCUT2D eigenvalue weighted by molar-refractivity contribution is 0.562. The molecule has 0 spiro atoms. The molecule has 7 heteroatoms. The van der Waals surface area contributed by atoms with Crippen molar-refractivity contribution in [2.45, 2.75) is 52.2 Å². The van der Waals surface area contributed by atoms with Crippen molar-refractivity contribution in [3.8, 4) is 0 Å². The summed E-state index contributed by atoms with van der Waals surface area (Å²) < 4.78 is 3.48. The third kappa shape index (κ3) is 2.12. The number of nitrogens with zero attached hydrogens (tertiary/aromatic N) is 3. The van der Waals surface area contributed by atoms with Crippen LogP contribution in [0.15, 0.2) is 9.59 Å². The first-order valence-corrected chi connectivity index (χ1v) is 7.53. The Morgan fingerprint density at radius 3 is 2.71 bits per heavy atom. The molecule has 1 unspecified atom stereocenters. The minimum absolute atomic E-state index is 0.0542. The normalized spacial score (nSPS) is 19.0. The van der Waals surface area contributed by atoms with Crippen molar-refractivity contribution >= 4 is 11.2 Å². The highest BCUT2D eigenvalue weighted by molar-refractivity contribution is 5.71. The number of rotatable bonds is 3. The smallest absolute Gasteiger partial charge is 0.321 e. The van der Waals surface area contributed by atoms with Crippen LogP contribution < -0.4 is 16.6 Å². The molecule has 1 saturated heterocycles. The second-order valence-corrected chi connectivity index (χ2v) is 5.76. The number of H-pyrrole nitrogens is 1. The summed E-state index contributed by atoms with van der Waals surface area (Å²) in [5.41, 5.74) is 0.235. The maximum Gasteiger partial charge on any atom is 0.330 e. The van der Waals surface area contributed by atoms with E-state index in [1.54, 1.807) is 4.57 Å². The summed E-state index contributed by atoms with van der Waals surface area (Å²) in [6, 6.07) is 0.105. The van der Waals surface area contributed by atoms with Crippen molar-refractivity contribution in [3.63, 3.8) is 0 Å². The Morgan fingerprint density at radius 2 is 2.14 bits per heavy atom. The summed E-state index contributed by atoms with van der Waals surface area (Å²) in [6.07, 6.45) is 2.11. The van der Waals surface area contributed by atoms with E-state index in [1.807, 2.05) is 25.3 Å². The highest BCUT2D eigenvalue weighted by Gasteiger charge is 2.25. The predicted molar refractivity (Wildman–Crippen MR) is 80.7 cm³/mol. The molecule has 2 aromatic heterocycles. The lowest BCUT2D eigenvalue weighted by Crippen LogP contribution is -2.32. The molecule has 114 valence electrons. The molecule has 0 amide bonds. The molecule has 0 saturated carbocycles. The van der Waals surface area contributed by atoms with Gasteiger partial charge in [-0.05, 0) is 40.2 Å². The number of nitrogens with one attached hydrogen (secondary N) is 2.